The van der Waals surface area contributed by atoms with Crippen LogP contribution in [0.1, 0.15) is 59.3 Å². The number of esters is 1. The van der Waals surface area contributed by atoms with Crippen molar-refractivity contribution in [3.63, 3.8) is 0 Å². The second-order valence-corrected chi connectivity index (χ2v) is 7.69. The molecule has 1 N–H and O–H groups in total. The molecule has 0 aromatic rings. The number of carbonyl (C=O) groups excluding carboxylic acids is 1. The number of aliphatic hydroxyl groups is 1. The number of hydrogen-bond donors (Lipinski definition) is 1. The van der Waals surface area contributed by atoms with Gasteiger partial charge in [0.1, 0.15) is 0 Å². The lowest BCUT2D eigenvalue weighted by Gasteiger charge is -2.43. The second-order valence-electron chi connectivity index (χ2n) is 7.69. The molecule has 1 saturated carbocycles. The van der Waals surface area contributed by atoms with Gasteiger partial charge in [-0.25, -0.2) is 0 Å². The zero-order valence-corrected chi connectivity index (χ0v) is 13.9. The summed E-state index contributed by atoms with van der Waals surface area (Å²) >= 11 is 0. The van der Waals surface area contributed by atoms with Crippen molar-refractivity contribution in [3.8, 4) is 0 Å². The Bertz CT molecular complexity index is 349. The zero-order chi connectivity index (χ0) is 15.5. The molecule has 2 aliphatic rings. The molecule has 0 bridgehead atoms. The molecule has 0 amide bonds. The second kappa shape index (κ2) is 6.66. The zero-order valence-electron chi connectivity index (χ0n) is 13.9. The van der Waals surface area contributed by atoms with Crippen LogP contribution in [0.3, 0.4) is 0 Å². The van der Waals surface area contributed by atoms with E-state index in [0.29, 0.717) is 12.0 Å². The van der Waals surface area contributed by atoms with E-state index < -0.39 is 5.60 Å². The molecular weight excluding hydrogens is 266 g/mol. The number of β-amino-alcohol motifs (C(OH)–C–C–N with tert-alkyl or cyclic N) is 1. The summed E-state index contributed by atoms with van der Waals surface area (Å²) in [5.41, 5.74) is -0.162. The number of hydrogen-bond acceptors (Lipinski definition) is 4. The van der Waals surface area contributed by atoms with E-state index in [1.54, 1.807) is 0 Å². The SMILES string of the molecule is CCOC(=O)C1CCC(O)(CN2CCC(C)(C)CC2)CC1. The Morgan fingerprint density at radius 3 is 2.29 bits per heavy atom. The molecule has 0 spiro atoms. The highest BCUT2D eigenvalue weighted by Crippen LogP contribution is 2.35. The van der Waals surface area contributed by atoms with Crippen LogP contribution >= 0.6 is 0 Å². The fourth-order valence-corrected chi connectivity index (χ4v) is 3.54. The van der Waals surface area contributed by atoms with Gasteiger partial charge in [0.15, 0.2) is 0 Å². The Balaban J connectivity index is 1.78. The van der Waals surface area contributed by atoms with Gasteiger partial charge in [0.25, 0.3) is 0 Å². The fraction of sp³-hybridized carbons (Fsp3) is 0.941. The Morgan fingerprint density at radius 1 is 1.19 bits per heavy atom. The Kier molecular flexibility index (Phi) is 5.31. The molecule has 1 aliphatic heterocycles. The largest absolute Gasteiger partial charge is 0.466 e. The van der Waals surface area contributed by atoms with E-state index in [9.17, 15) is 9.90 Å². The minimum atomic E-state index is -0.607. The Hall–Kier alpha value is -0.610. The molecule has 0 unspecified atom stereocenters. The van der Waals surface area contributed by atoms with Gasteiger partial charge in [0.2, 0.25) is 0 Å². The Labute approximate surface area is 128 Å². The summed E-state index contributed by atoms with van der Waals surface area (Å²) in [5, 5.41) is 10.8. The van der Waals surface area contributed by atoms with E-state index in [1.165, 1.54) is 12.8 Å². The van der Waals surface area contributed by atoms with E-state index in [4.69, 9.17) is 4.74 Å². The minimum absolute atomic E-state index is 0.00878. The minimum Gasteiger partial charge on any atom is -0.466 e. The molecule has 122 valence electrons. The van der Waals surface area contributed by atoms with E-state index in [-0.39, 0.29) is 11.9 Å². The first-order chi connectivity index (χ1) is 9.84. The monoisotopic (exact) mass is 297 g/mol. The summed E-state index contributed by atoms with van der Waals surface area (Å²) in [6.45, 7) is 9.86. The number of carbonyl (C=O) groups is 1. The lowest BCUT2D eigenvalue weighted by Crippen LogP contribution is -2.49. The van der Waals surface area contributed by atoms with Gasteiger partial charge in [-0.3, -0.25) is 4.79 Å². The predicted molar refractivity (Wildman–Crippen MR) is 83.0 cm³/mol. The summed E-state index contributed by atoms with van der Waals surface area (Å²) < 4.78 is 5.09. The number of likely N-dealkylation sites (tertiary alicyclic amines) is 1. The fourth-order valence-electron chi connectivity index (χ4n) is 3.54. The summed E-state index contributed by atoms with van der Waals surface area (Å²) in [5.74, 6) is -0.0928. The highest BCUT2D eigenvalue weighted by atomic mass is 16.5. The van der Waals surface area contributed by atoms with Crippen molar-refractivity contribution in [2.45, 2.75) is 64.9 Å². The maximum Gasteiger partial charge on any atom is 0.308 e. The van der Waals surface area contributed by atoms with Gasteiger partial charge >= 0.3 is 5.97 Å². The highest BCUT2D eigenvalue weighted by Gasteiger charge is 2.38. The van der Waals surface area contributed by atoms with E-state index in [1.807, 2.05) is 6.92 Å². The Morgan fingerprint density at radius 2 is 1.76 bits per heavy atom. The first kappa shape index (κ1) is 16.8. The van der Waals surface area contributed by atoms with Crippen LogP contribution in [0.25, 0.3) is 0 Å². The third-order valence-electron chi connectivity index (χ3n) is 5.26. The summed E-state index contributed by atoms with van der Waals surface area (Å²) in [4.78, 5) is 14.2. The molecular formula is C17H31NO3. The molecule has 4 heteroatoms. The lowest BCUT2D eigenvalue weighted by molar-refractivity contribution is -0.151. The van der Waals surface area contributed by atoms with Crippen LogP contribution in [0.2, 0.25) is 0 Å². The number of rotatable bonds is 4. The van der Waals surface area contributed by atoms with Gasteiger partial charge in [-0.15, -0.1) is 0 Å². The van der Waals surface area contributed by atoms with Crippen LogP contribution in [0.15, 0.2) is 0 Å². The summed E-state index contributed by atoms with van der Waals surface area (Å²) in [6.07, 6.45) is 5.36. The van der Waals surface area contributed by atoms with Crippen molar-refractivity contribution < 1.29 is 14.6 Å². The average Bonchev–Trinajstić information content (AvgIpc) is 2.42. The van der Waals surface area contributed by atoms with Gasteiger partial charge in [-0.1, -0.05) is 13.8 Å². The third-order valence-corrected chi connectivity index (χ3v) is 5.26. The third kappa shape index (κ3) is 4.68. The van der Waals surface area contributed by atoms with Crippen LogP contribution in [0, 0.1) is 11.3 Å². The molecule has 0 aromatic heterocycles. The van der Waals surface area contributed by atoms with E-state index >= 15 is 0 Å². The maximum atomic E-state index is 11.8. The molecule has 4 nitrogen and oxygen atoms in total. The quantitative estimate of drug-likeness (QED) is 0.810. The van der Waals surface area contributed by atoms with Crippen molar-refractivity contribution in [1.82, 2.24) is 4.90 Å². The van der Waals surface area contributed by atoms with Crippen LogP contribution < -0.4 is 0 Å². The van der Waals surface area contributed by atoms with Crippen molar-refractivity contribution in [2.24, 2.45) is 11.3 Å². The molecule has 0 aromatic carbocycles. The summed E-state index contributed by atoms with van der Waals surface area (Å²) in [6, 6.07) is 0. The van der Waals surface area contributed by atoms with Gasteiger partial charge in [0.05, 0.1) is 18.1 Å². The number of piperidine rings is 1. The molecule has 21 heavy (non-hydrogen) atoms. The van der Waals surface area contributed by atoms with Gasteiger partial charge < -0.3 is 14.7 Å². The number of nitrogens with zero attached hydrogens (tertiary/aromatic N) is 1. The molecule has 2 fully saturated rings. The highest BCUT2D eigenvalue weighted by molar-refractivity contribution is 5.72. The normalized spacial score (nSPS) is 33.6. The average molecular weight is 297 g/mol. The van der Waals surface area contributed by atoms with Crippen molar-refractivity contribution in [3.05, 3.63) is 0 Å². The number of ether oxygens (including phenoxy) is 1. The first-order valence-electron chi connectivity index (χ1n) is 8.45. The predicted octanol–water partition coefficient (Wildman–Crippen LogP) is 2.59. The molecule has 0 atom stereocenters. The topological polar surface area (TPSA) is 49.8 Å². The van der Waals surface area contributed by atoms with Crippen LogP contribution in [0.4, 0.5) is 0 Å². The standard InChI is InChI=1S/C17H31NO3/c1-4-21-15(19)14-5-7-17(20,8-6-14)13-18-11-9-16(2,3)10-12-18/h14,20H,4-13H2,1-3H3. The van der Waals surface area contributed by atoms with E-state index in [2.05, 4.69) is 18.7 Å². The first-order valence-corrected chi connectivity index (χ1v) is 8.45. The van der Waals surface area contributed by atoms with Gasteiger partial charge in [0, 0.05) is 6.54 Å². The van der Waals surface area contributed by atoms with Gasteiger partial charge in [-0.2, -0.15) is 0 Å². The van der Waals surface area contributed by atoms with Crippen LogP contribution in [0.5, 0.6) is 0 Å². The summed E-state index contributed by atoms with van der Waals surface area (Å²) in [7, 11) is 0. The van der Waals surface area contributed by atoms with Crippen molar-refractivity contribution in [1.29, 1.82) is 0 Å². The van der Waals surface area contributed by atoms with Gasteiger partial charge in [-0.05, 0) is 64.0 Å². The molecule has 2 rings (SSSR count). The van der Waals surface area contributed by atoms with E-state index in [0.717, 1.165) is 45.3 Å². The van der Waals surface area contributed by atoms with Crippen LogP contribution in [-0.2, 0) is 9.53 Å². The molecule has 0 radical (unpaired) electrons. The molecule has 1 saturated heterocycles. The van der Waals surface area contributed by atoms with Crippen molar-refractivity contribution in [2.75, 3.05) is 26.2 Å². The van der Waals surface area contributed by atoms with Crippen molar-refractivity contribution >= 4 is 5.97 Å². The lowest BCUT2D eigenvalue weighted by atomic mass is 9.77. The molecule has 1 heterocycles. The smallest absolute Gasteiger partial charge is 0.308 e. The van der Waals surface area contributed by atoms with Crippen LogP contribution in [-0.4, -0.2) is 47.8 Å². The molecule has 1 aliphatic carbocycles. The maximum absolute atomic E-state index is 11.8.